The van der Waals surface area contributed by atoms with Gasteiger partial charge >= 0.3 is 5.51 Å². The molecule has 84 valence electrons. The van der Waals surface area contributed by atoms with Crippen molar-refractivity contribution in [3.63, 3.8) is 0 Å². The molecule has 0 radical (unpaired) electrons. The van der Waals surface area contributed by atoms with Crippen molar-refractivity contribution < 1.29 is 26.0 Å². The van der Waals surface area contributed by atoms with Crippen LogP contribution in [0.1, 0.15) is 0 Å². The maximum Gasteiger partial charge on any atom is 0.502 e. The predicted octanol–water partition coefficient (Wildman–Crippen LogP) is 2.88. The van der Waals surface area contributed by atoms with Gasteiger partial charge in [-0.05, 0) is 28.1 Å². The van der Waals surface area contributed by atoms with Gasteiger partial charge in [-0.25, -0.2) is 12.8 Å². The van der Waals surface area contributed by atoms with Crippen molar-refractivity contribution in [3.05, 3.63) is 28.5 Å². The Morgan fingerprint density at radius 1 is 1.20 bits per heavy atom. The lowest BCUT2D eigenvalue weighted by Gasteiger charge is -2.09. The Morgan fingerprint density at radius 2 is 1.73 bits per heavy atom. The Morgan fingerprint density at radius 3 is 2.20 bits per heavy atom. The van der Waals surface area contributed by atoms with Crippen molar-refractivity contribution in [1.29, 1.82) is 0 Å². The summed E-state index contributed by atoms with van der Waals surface area (Å²) in [5.41, 5.74) is -5.51. The molecule has 0 aliphatic carbocycles. The maximum atomic E-state index is 13.1. The van der Waals surface area contributed by atoms with Crippen molar-refractivity contribution in [2.75, 3.05) is 0 Å². The fraction of sp³-hybridized carbons (Fsp3) is 0.143. The first-order valence-electron chi connectivity index (χ1n) is 3.43. The van der Waals surface area contributed by atoms with E-state index < -0.39 is 26.1 Å². The fourth-order valence-electron chi connectivity index (χ4n) is 0.816. The van der Waals surface area contributed by atoms with Crippen LogP contribution in [0.25, 0.3) is 0 Å². The summed E-state index contributed by atoms with van der Waals surface area (Å²) >= 11 is 2.60. The predicted molar refractivity (Wildman–Crippen MR) is 47.3 cm³/mol. The van der Waals surface area contributed by atoms with Crippen LogP contribution in [0.5, 0.6) is 0 Å². The number of hydrogen-bond acceptors (Lipinski definition) is 2. The molecule has 0 saturated carbocycles. The van der Waals surface area contributed by atoms with Gasteiger partial charge in [0.15, 0.2) is 5.82 Å². The van der Waals surface area contributed by atoms with Gasteiger partial charge in [0.05, 0.1) is 4.47 Å². The quantitative estimate of drug-likeness (QED) is 0.748. The lowest BCUT2D eigenvalue weighted by atomic mass is 10.3. The van der Waals surface area contributed by atoms with E-state index in [0.717, 1.165) is 12.1 Å². The van der Waals surface area contributed by atoms with Gasteiger partial charge in [-0.3, -0.25) is 0 Å². The highest BCUT2D eigenvalue weighted by Gasteiger charge is 2.48. The molecule has 2 nitrogen and oxygen atoms in total. The smallest absolute Gasteiger partial charge is 0.214 e. The van der Waals surface area contributed by atoms with Gasteiger partial charge in [0.1, 0.15) is 4.90 Å². The third-order valence-electron chi connectivity index (χ3n) is 1.51. The molecule has 1 aromatic carbocycles. The summed E-state index contributed by atoms with van der Waals surface area (Å²) in [5, 5.41) is 0. The van der Waals surface area contributed by atoms with E-state index in [-0.39, 0.29) is 4.47 Å². The summed E-state index contributed by atoms with van der Waals surface area (Å²) in [6.07, 6.45) is 0. The van der Waals surface area contributed by atoms with Gasteiger partial charge in [-0.1, -0.05) is 6.07 Å². The Bertz CT molecular complexity index is 480. The summed E-state index contributed by atoms with van der Waals surface area (Å²) in [6.45, 7) is 0. The van der Waals surface area contributed by atoms with Gasteiger partial charge < -0.3 is 0 Å². The first kappa shape index (κ1) is 12.4. The molecule has 0 bridgehead atoms. The number of sulfone groups is 1. The SMILES string of the molecule is O=S(=O)(c1cccc(Br)c1F)C(F)(F)F. The van der Waals surface area contributed by atoms with Crippen LogP contribution in [0.15, 0.2) is 27.6 Å². The van der Waals surface area contributed by atoms with Gasteiger partial charge in [-0.15, -0.1) is 0 Å². The van der Waals surface area contributed by atoms with Crippen LogP contribution in [-0.2, 0) is 9.84 Å². The summed E-state index contributed by atoms with van der Waals surface area (Å²) in [6, 6.07) is 2.67. The normalized spacial score (nSPS) is 12.9. The maximum absolute atomic E-state index is 13.1. The van der Waals surface area contributed by atoms with E-state index in [0.29, 0.717) is 6.07 Å². The highest BCUT2D eigenvalue weighted by molar-refractivity contribution is 9.10. The lowest BCUT2D eigenvalue weighted by Crippen LogP contribution is -2.24. The second-order valence-electron chi connectivity index (χ2n) is 2.50. The van der Waals surface area contributed by atoms with Gasteiger partial charge in [0, 0.05) is 0 Å². The molecule has 1 rings (SSSR count). The molecule has 0 fully saturated rings. The van der Waals surface area contributed by atoms with E-state index in [1.54, 1.807) is 0 Å². The van der Waals surface area contributed by atoms with Crippen LogP contribution in [0.2, 0.25) is 0 Å². The Hall–Kier alpha value is -0.630. The van der Waals surface area contributed by atoms with E-state index >= 15 is 0 Å². The van der Waals surface area contributed by atoms with Crippen molar-refractivity contribution in [3.8, 4) is 0 Å². The van der Waals surface area contributed by atoms with Gasteiger partial charge in [0.25, 0.3) is 9.84 Å². The zero-order chi connectivity index (χ0) is 11.9. The second-order valence-corrected chi connectivity index (χ2v) is 5.27. The first-order valence-corrected chi connectivity index (χ1v) is 5.71. The van der Waals surface area contributed by atoms with Crippen molar-refractivity contribution in [2.45, 2.75) is 10.4 Å². The molecule has 0 atom stereocenters. The van der Waals surface area contributed by atoms with Crippen molar-refractivity contribution >= 4 is 25.8 Å². The molecule has 0 spiro atoms. The van der Waals surface area contributed by atoms with Crippen LogP contribution in [0.4, 0.5) is 17.6 Å². The summed E-state index contributed by atoms with van der Waals surface area (Å²) in [7, 11) is -5.63. The minimum absolute atomic E-state index is 0.340. The van der Waals surface area contributed by atoms with Gasteiger partial charge in [-0.2, -0.15) is 13.2 Å². The first-order chi connectivity index (χ1) is 6.68. The minimum atomic E-state index is -5.63. The Labute approximate surface area is 91.0 Å². The number of benzene rings is 1. The molecule has 0 saturated heterocycles. The zero-order valence-corrected chi connectivity index (χ0v) is 9.25. The molecular formula is C7H3BrF4O2S. The third-order valence-corrected chi connectivity index (χ3v) is 3.63. The monoisotopic (exact) mass is 306 g/mol. The van der Waals surface area contributed by atoms with Crippen LogP contribution in [0, 0.1) is 5.82 Å². The van der Waals surface area contributed by atoms with E-state index in [4.69, 9.17) is 0 Å². The zero-order valence-electron chi connectivity index (χ0n) is 6.85. The molecule has 0 aromatic heterocycles. The van der Waals surface area contributed by atoms with E-state index in [1.165, 1.54) is 0 Å². The molecular weight excluding hydrogens is 304 g/mol. The van der Waals surface area contributed by atoms with Crippen molar-refractivity contribution in [1.82, 2.24) is 0 Å². The summed E-state index contributed by atoms with van der Waals surface area (Å²) < 4.78 is 70.6. The largest absolute Gasteiger partial charge is 0.502 e. The molecule has 0 amide bonds. The summed E-state index contributed by atoms with van der Waals surface area (Å²) in [4.78, 5) is -1.38. The molecule has 0 N–H and O–H groups in total. The molecule has 0 aliphatic rings. The third kappa shape index (κ3) is 2.15. The van der Waals surface area contributed by atoms with Crippen LogP contribution < -0.4 is 0 Å². The number of rotatable bonds is 1. The molecule has 0 aliphatic heterocycles. The molecule has 0 unspecified atom stereocenters. The van der Waals surface area contributed by atoms with Crippen LogP contribution >= 0.6 is 15.9 Å². The highest BCUT2D eigenvalue weighted by atomic mass is 79.9. The lowest BCUT2D eigenvalue weighted by molar-refractivity contribution is -0.0437. The average Bonchev–Trinajstić information content (AvgIpc) is 2.07. The van der Waals surface area contributed by atoms with Gasteiger partial charge in [0.2, 0.25) is 0 Å². The standard InChI is InChI=1S/C7H3BrF4O2S/c8-4-2-1-3-5(6(4)9)15(13,14)7(10,11)12/h1-3H. The summed E-state index contributed by atoms with van der Waals surface area (Å²) in [5.74, 6) is -1.45. The highest BCUT2D eigenvalue weighted by Crippen LogP contribution is 2.33. The topological polar surface area (TPSA) is 34.1 Å². The second kappa shape index (κ2) is 3.75. The van der Waals surface area contributed by atoms with E-state index in [1.807, 2.05) is 0 Å². The molecule has 1 aromatic rings. The molecule has 0 heterocycles. The average molecular weight is 307 g/mol. The Kier molecular flexibility index (Phi) is 3.11. The number of alkyl halides is 3. The van der Waals surface area contributed by atoms with E-state index in [2.05, 4.69) is 15.9 Å². The van der Waals surface area contributed by atoms with Crippen molar-refractivity contribution in [2.24, 2.45) is 0 Å². The number of halogens is 5. The van der Waals surface area contributed by atoms with Crippen LogP contribution in [-0.4, -0.2) is 13.9 Å². The molecule has 15 heavy (non-hydrogen) atoms. The van der Waals surface area contributed by atoms with Crippen LogP contribution in [0.3, 0.4) is 0 Å². The molecule has 8 heteroatoms. The number of hydrogen-bond donors (Lipinski definition) is 0. The van der Waals surface area contributed by atoms with E-state index in [9.17, 15) is 26.0 Å². The Balaban J connectivity index is 3.49. The minimum Gasteiger partial charge on any atom is -0.214 e. The fourth-order valence-corrected chi connectivity index (χ4v) is 2.17.